The van der Waals surface area contributed by atoms with E-state index in [4.69, 9.17) is 14.7 Å². The Balaban J connectivity index is 1.32. The second-order valence-electron chi connectivity index (χ2n) is 10.5. The minimum Gasteiger partial charge on any atom is -0.366 e. The maximum Gasteiger partial charge on any atom is 0.228 e. The molecule has 4 aromatic rings. The molecule has 2 saturated carbocycles. The summed E-state index contributed by atoms with van der Waals surface area (Å²) in [6, 6.07) is 3.98. The molecule has 1 saturated heterocycles. The summed E-state index contributed by atoms with van der Waals surface area (Å²) in [5.41, 5.74) is 3.75. The lowest BCUT2D eigenvalue weighted by atomic mass is 10.1. The van der Waals surface area contributed by atoms with E-state index in [1.807, 2.05) is 24.7 Å². The van der Waals surface area contributed by atoms with Crippen LogP contribution in [0.25, 0.3) is 22.4 Å². The van der Waals surface area contributed by atoms with Gasteiger partial charge in [-0.05, 0) is 57.6 Å². The molecule has 190 valence electrons. The van der Waals surface area contributed by atoms with Crippen molar-refractivity contribution in [2.45, 2.75) is 57.8 Å². The maximum absolute atomic E-state index is 15.0. The van der Waals surface area contributed by atoms with Crippen LogP contribution in [-0.2, 0) is 4.74 Å². The number of fused-ring (bicyclic) bond motifs is 1. The predicted molar refractivity (Wildman–Crippen MR) is 133 cm³/mol. The average molecular weight is 504 g/mol. The quantitative estimate of drug-likeness (QED) is 0.384. The number of aromatic nitrogens is 6. The first-order valence-corrected chi connectivity index (χ1v) is 12.9. The Morgan fingerprint density at radius 1 is 0.946 bits per heavy atom. The van der Waals surface area contributed by atoms with Gasteiger partial charge in [0, 0.05) is 29.9 Å². The molecule has 0 N–H and O–H groups in total. The van der Waals surface area contributed by atoms with Crippen LogP contribution in [0.1, 0.15) is 54.8 Å². The molecule has 4 heterocycles. The maximum atomic E-state index is 15.0. The molecule has 2 aliphatic carbocycles. The average Bonchev–Trinajstić information content (AvgIpc) is 3.83. The Hall–Kier alpha value is -3.53. The van der Waals surface area contributed by atoms with Gasteiger partial charge in [-0.25, -0.2) is 23.7 Å². The van der Waals surface area contributed by atoms with E-state index in [2.05, 4.69) is 26.2 Å². The molecule has 3 aromatic heterocycles. The van der Waals surface area contributed by atoms with E-state index in [0.717, 1.165) is 43.0 Å². The zero-order valence-corrected chi connectivity index (χ0v) is 20.7. The molecule has 2 unspecified atom stereocenters. The molecule has 3 aliphatic rings. The van der Waals surface area contributed by atoms with Crippen LogP contribution >= 0.6 is 0 Å². The smallest absolute Gasteiger partial charge is 0.228 e. The van der Waals surface area contributed by atoms with E-state index >= 15 is 0 Å². The third-order valence-corrected chi connectivity index (χ3v) is 7.59. The topological polar surface area (TPSA) is 81.9 Å². The number of aryl methyl sites for hydroxylation is 2. The number of rotatable bonds is 5. The molecule has 7 rings (SSSR count). The third-order valence-electron chi connectivity index (χ3n) is 7.59. The Bertz CT molecular complexity index is 1510. The normalized spacial score (nSPS) is 22.1. The molecule has 0 bridgehead atoms. The van der Waals surface area contributed by atoms with Gasteiger partial charge in [0.25, 0.3) is 0 Å². The monoisotopic (exact) mass is 503 g/mol. The van der Waals surface area contributed by atoms with Gasteiger partial charge < -0.3 is 9.64 Å². The Kier molecular flexibility index (Phi) is 5.21. The van der Waals surface area contributed by atoms with Gasteiger partial charge in [0.1, 0.15) is 28.9 Å². The van der Waals surface area contributed by atoms with Crippen molar-refractivity contribution >= 4 is 17.1 Å². The second kappa shape index (κ2) is 8.51. The van der Waals surface area contributed by atoms with Crippen molar-refractivity contribution in [3.63, 3.8) is 0 Å². The Labute approximate surface area is 212 Å². The number of morpholine rings is 1. The lowest BCUT2D eigenvalue weighted by molar-refractivity contribution is -0.0390. The largest absolute Gasteiger partial charge is 0.366 e. The molecular weight excluding hydrogens is 476 g/mol. The molecule has 1 aromatic carbocycles. The summed E-state index contributed by atoms with van der Waals surface area (Å²) in [6.07, 6.45) is 8.46. The summed E-state index contributed by atoms with van der Waals surface area (Å²) in [5, 5.41) is 4.56. The molecule has 8 nitrogen and oxygen atoms in total. The number of anilines is 1. The van der Waals surface area contributed by atoms with Crippen LogP contribution in [0.2, 0.25) is 0 Å². The molecule has 0 radical (unpaired) electrons. The van der Waals surface area contributed by atoms with E-state index in [-0.39, 0.29) is 17.8 Å². The van der Waals surface area contributed by atoms with Crippen LogP contribution in [0.3, 0.4) is 0 Å². The first kappa shape index (κ1) is 22.7. The van der Waals surface area contributed by atoms with Gasteiger partial charge >= 0.3 is 0 Å². The van der Waals surface area contributed by atoms with Crippen LogP contribution in [0.4, 0.5) is 14.7 Å². The van der Waals surface area contributed by atoms with Gasteiger partial charge in [-0.3, -0.25) is 4.68 Å². The van der Waals surface area contributed by atoms with Gasteiger partial charge in [-0.1, -0.05) is 0 Å². The molecule has 10 heteroatoms. The fraction of sp³-hybridized carbons (Fsp3) is 0.444. The van der Waals surface area contributed by atoms with Crippen LogP contribution < -0.4 is 4.90 Å². The number of hydrogen-bond acceptors (Lipinski definition) is 7. The van der Waals surface area contributed by atoms with Crippen molar-refractivity contribution in [2.24, 2.45) is 5.92 Å². The van der Waals surface area contributed by atoms with Crippen molar-refractivity contribution in [3.8, 4) is 11.3 Å². The number of ether oxygens (including phenoxy) is 1. The highest BCUT2D eigenvalue weighted by molar-refractivity contribution is 5.88. The highest BCUT2D eigenvalue weighted by atomic mass is 19.1. The Morgan fingerprint density at radius 2 is 1.76 bits per heavy atom. The van der Waals surface area contributed by atoms with E-state index in [1.165, 1.54) is 12.1 Å². The molecule has 3 fully saturated rings. The van der Waals surface area contributed by atoms with Crippen molar-refractivity contribution in [1.82, 2.24) is 29.7 Å². The fourth-order valence-corrected chi connectivity index (χ4v) is 5.03. The van der Waals surface area contributed by atoms with Crippen molar-refractivity contribution < 1.29 is 13.5 Å². The number of nitrogens with zero attached hydrogens (tertiary/aromatic N) is 7. The van der Waals surface area contributed by atoms with E-state index < -0.39 is 11.6 Å². The highest BCUT2D eigenvalue weighted by Crippen LogP contribution is 2.41. The summed E-state index contributed by atoms with van der Waals surface area (Å²) in [4.78, 5) is 21.0. The van der Waals surface area contributed by atoms with Crippen LogP contribution in [0.5, 0.6) is 0 Å². The fourth-order valence-electron chi connectivity index (χ4n) is 5.03. The molecular formula is C27H27F2N7O. The van der Waals surface area contributed by atoms with Crippen LogP contribution in [0.15, 0.2) is 30.6 Å². The van der Waals surface area contributed by atoms with Gasteiger partial charge in [0.2, 0.25) is 5.95 Å². The zero-order valence-electron chi connectivity index (χ0n) is 20.7. The molecule has 0 amide bonds. The Morgan fingerprint density at radius 3 is 2.51 bits per heavy atom. The van der Waals surface area contributed by atoms with Gasteiger partial charge in [-0.15, -0.1) is 0 Å². The number of hydrogen-bond donors (Lipinski definition) is 0. The summed E-state index contributed by atoms with van der Waals surface area (Å²) < 4.78 is 37.3. The summed E-state index contributed by atoms with van der Waals surface area (Å²) in [5.74, 6) is -0.401. The van der Waals surface area contributed by atoms with Gasteiger partial charge in [0.05, 0.1) is 36.3 Å². The highest BCUT2D eigenvalue weighted by Gasteiger charge is 2.40. The minimum absolute atomic E-state index is 0.0409. The summed E-state index contributed by atoms with van der Waals surface area (Å²) in [7, 11) is 0. The third kappa shape index (κ3) is 4.22. The molecule has 0 spiro atoms. The zero-order chi connectivity index (χ0) is 25.3. The number of halogens is 2. The van der Waals surface area contributed by atoms with E-state index in [0.29, 0.717) is 53.5 Å². The lowest BCUT2D eigenvalue weighted by Crippen LogP contribution is -2.45. The molecule has 1 aliphatic heterocycles. The lowest BCUT2D eigenvalue weighted by Gasteiger charge is -2.38. The first-order valence-electron chi connectivity index (χ1n) is 12.9. The molecule has 37 heavy (non-hydrogen) atoms. The SMILES string of the molecule is Cc1nc2nc(N3CC(c4cnn(C5CC5)c4)OC(C4CC4)C3)nc(-c3ccc(F)cc3F)c2nc1C. The number of benzene rings is 1. The van der Waals surface area contributed by atoms with E-state index in [1.54, 1.807) is 0 Å². The van der Waals surface area contributed by atoms with Crippen LogP contribution in [0, 0.1) is 31.4 Å². The minimum atomic E-state index is -0.700. The predicted octanol–water partition coefficient (Wildman–Crippen LogP) is 4.87. The van der Waals surface area contributed by atoms with Gasteiger partial charge in [-0.2, -0.15) is 10.1 Å². The van der Waals surface area contributed by atoms with Crippen molar-refractivity contribution in [2.75, 3.05) is 18.0 Å². The summed E-state index contributed by atoms with van der Waals surface area (Å²) >= 11 is 0. The standard InChI is InChI=1S/C27H27F2N7O/c1-14-15(2)32-26-25(31-14)24(20-8-5-18(28)9-21(20)29)33-27(34-26)35-12-22(16-3-4-16)37-23(13-35)17-10-30-36(11-17)19-6-7-19/h5,8-11,16,19,22-23H,3-4,6-7,12-13H2,1-2H3. The van der Waals surface area contributed by atoms with Gasteiger partial charge in [0.15, 0.2) is 5.65 Å². The van der Waals surface area contributed by atoms with Crippen molar-refractivity contribution in [3.05, 3.63) is 59.2 Å². The second-order valence-corrected chi connectivity index (χ2v) is 10.5. The first-order chi connectivity index (χ1) is 17.9. The van der Waals surface area contributed by atoms with E-state index in [9.17, 15) is 8.78 Å². The molecule has 2 atom stereocenters. The van der Waals surface area contributed by atoms with Crippen molar-refractivity contribution in [1.29, 1.82) is 0 Å². The summed E-state index contributed by atoms with van der Waals surface area (Å²) in [6.45, 7) is 4.88. The van der Waals surface area contributed by atoms with Crippen LogP contribution in [-0.4, -0.2) is 48.9 Å².